The summed E-state index contributed by atoms with van der Waals surface area (Å²) in [7, 11) is -3.90. The second-order valence-corrected chi connectivity index (χ2v) is 9.46. The Morgan fingerprint density at radius 2 is 1.59 bits per heavy atom. The third-order valence-electron chi connectivity index (χ3n) is 4.99. The molecule has 3 heterocycles. The first-order valence-corrected chi connectivity index (χ1v) is 11.3. The Kier molecular flexibility index (Phi) is 5.62. The first-order chi connectivity index (χ1) is 15.8. The van der Waals surface area contributed by atoms with E-state index >= 15 is 0 Å². The number of hydrogen-bond donors (Lipinski definition) is 0. The number of pyridine rings is 1. The molecule has 0 unspecified atom stereocenters. The fourth-order valence-electron chi connectivity index (χ4n) is 3.20. The normalized spacial score (nSPS) is 12.9. The molecule has 178 valence electrons. The Hall–Kier alpha value is -3.48. The largest absolute Gasteiger partial charge is 0.433 e. The number of hydrogen-bond acceptors (Lipinski definition) is 5. The fourth-order valence-corrected chi connectivity index (χ4v) is 4.27. The number of aromatic nitrogens is 4. The van der Waals surface area contributed by atoms with Crippen LogP contribution in [0, 0.1) is 0 Å². The number of halogens is 6. The van der Waals surface area contributed by atoms with Crippen LogP contribution in [-0.2, 0) is 22.2 Å². The number of nitrogens with zero attached hydrogens (tertiary/aromatic N) is 4. The molecule has 0 fully saturated rings. The number of rotatable bonds is 4. The first-order valence-electron chi connectivity index (χ1n) is 9.62. The van der Waals surface area contributed by atoms with E-state index in [0.717, 1.165) is 18.5 Å². The van der Waals surface area contributed by atoms with Gasteiger partial charge in [0, 0.05) is 24.0 Å². The summed E-state index contributed by atoms with van der Waals surface area (Å²) in [6.07, 6.45) is -5.76. The van der Waals surface area contributed by atoms with Gasteiger partial charge in [-0.2, -0.15) is 26.3 Å². The Bertz CT molecular complexity index is 1480. The van der Waals surface area contributed by atoms with Crippen LogP contribution < -0.4 is 0 Å². The number of benzene rings is 1. The van der Waals surface area contributed by atoms with Gasteiger partial charge in [0.25, 0.3) is 0 Å². The van der Waals surface area contributed by atoms with E-state index in [2.05, 4.69) is 15.0 Å². The van der Waals surface area contributed by atoms with E-state index in [1.54, 1.807) is 0 Å². The van der Waals surface area contributed by atoms with Crippen LogP contribution in [0.1, 0.15) is 18.2 Å². The molecule has 1 aromatic carbocycles. The van der Waals surface area contributed by atoms with Gasteiger partial charge >= 0.3 is 12.4 Å². The number of imidazole rings is 1. The lowest BCUT2D eigenvalue weighted by Crippen LogP contribution is -2.08. The molecule has 0 amide bonds. The highest BCUT2D eigenvalue weighted by Crippen LogP contribution is 2.34. The Morgan fingerprint density at radius 3 is 2.18 bits per heavy atom. The molecule has 4 rings (SSSR count). The van der Waals surface area contributed by atoms with Gasteiger partial charge in [-0.25, -0.2) is 18.4 Å². The number of fused-ring (bicyclic) bond motifs is 1. The van der Waals surface area contributed by atoms with Crippen molar-refractivity contribution < 1.29 is 34.8 Å². The fraction of sp³-hybridized carbons (Fsp3) is 0.190. The summed E-state index contributed by atoms with van der Waals surface area (Å²) < 4.78 is 104. The average Bonchev–Trinajstić information content (AvgIpc) is 3.21. The van der Waals surface area contributed by atoms with Gasteiger partial charge in [-0.3, -0.25) is 9.38 Å². The Balaban J connectivity index is 1.84. The maximum atomic E-state index is 13.0. The molecule has 0 saturated carbocycles. The van der Waals surface area contributed by atoms with Crippen LogP contribution in [0.5, 0.6) is 0 Å². The van der Waals surface area contributed by atoms with Gasteiger partial charge in [-0.1, -0.05) is 19.1 Å². The summed E-state index contributed by atoms with van der Waals surface area (Å²) in [6, 6.07) is 6.09. The van der Waals surface area contributed by atoms with Gasteiger partial charge < -0.3 is 0 Å². The molecule has 0 aliphatic heterocycles. The van der Waals surface area contributed by atoms with Gasteiger partial charge in [0.15, 0.2) is 9.84 Å². The Labute approximate surface area is 188 Å². The molecule has 0 aliphatic rings. The van der Waals surface area contributed by atoms with E-state index in [0.29, 0.717) is 11.6 Å². The predicted octanol–water partition coefficient (Wildman–Crippen LogP) is 5.29. The number of alkyl halides is 6. The topological polar surface area (TPSA) is 77.2 Å². The van der Waals surface area contributed by atoms with Crippen LogP contribution in [0.3, 0.4) is 0 Å². The minimum Gasteiger partial charge on any atom is -0.290 e. The highest BCUT2D eigenvalue weighted by atomic mass is 32.2. The summed E-state index contributed by atoms with van der Waals surface area (Å²) in [5.74, 6) is -0.314. The zero-order valence-corrected chi connectivity index (χ0v) is 18.0. The smallest absolute Gasteiger partial charge is 0.290 e. The molecule has 0 saturated heterocycles. The first kappa shape index (κ1) is 23.7. The van der Waals surface area contributed by atoms with Crippen LogP contribution in [0.4, 0.5) is 26.3 Å². The van der Waals surface area contributed by atoms with Crippen LogP contribution in [0.2, 0.25) is 0 Å². The van der Waals surface area contributed by atoms with Gasteiger partial charge in [0.1, 0.15) is 29.1 Å². The highest BCUT2D eigenvalue weighted by Gasteiger charge is 2.33. The predicted molar refractivity (Wildman–Crippen MR) is 109 cm³/mol. The molecular weight excluding hydrogens is 486 g/mol. The standard InChI is InChI=1S/C21H14F6N4O2S/c1-2-34(32,33)16-7-13(12-3-5-14(6-4-12)20(22,23)24)9-28-19(16)15-10-31-11-29-17(21(25,26)27)8-18(31)30-15/h3-11H,2H2,1H3. The summed E-state index contributed by atoms with van der Waals surface area (Å²) in [4.78, 5) is 11.3. The van der Waals surface area contributed by atoms with Crippen molar-refractivity contribution >= 4 is 15.5 Å². The highest BCUT2D eigenvalue weighted by molar-refractivity contribution is 7.91. The number of sulfone groups is 1. The zero-order valence-electron chi connectivity index (χ0n) is 17.2. The third kappa shape index (κ3) is 4.47. The summed E-state index contributed by atoms with van der Waals surface area (Å²) in [5.41, 5.74) is -1.71. The van der Waals surface area contributed by atoms with E-state index in [-0.39, 0.29) is 33.2 Å². The summed E-state index contributed by atoms with van der Waals surface area (Å²) in [5, 5.41) is 0. The molecule has 4 aromatic rings. The second kappa shape index (κ2) is 8.08. The van der Waals surface area contributed by atoms with E-state index in [4.69, 9.17) is 0 Å². The van der Waals surface area contributed by atoms with Crippen molar-refractivity contribution in [3.8, 4) is 22.5 Å². The molecule has 0 N–H and O–H groups in total. The van der Waals surface area contributed by atoms with Crippen molar-refractivity contribution in [2.45, 2.75) is 24.2 Å². The molecule has 0 bridgehead atoms. The van der Waals surface area contributed by atoms with Crippen molar-refractivity contribution in [3.63, 3.8) is 0 Å². The van der Waals surface area contributed by atoms with Crippen molar-refractivity contribution in [2.75, 3.05) is 5.75 Å². The lowest BCUT2D eigenvalue weighted by Gasteiger charge is -2.11. The van der Waals surface area contributed by atoms with Crippen LogP contribution in [-0.4, -0.2) is 33.5 Å². The minimum absolute atomic E-state index is 0.00730. The molecule has 0 atom stereocenters. The Morgan fingerprint density at radius 1 is 0.912 bits per heavy atom. The molecule has 6 nitrogen and oxygen atoms in total. The molecule has 3 aromatic heterocycles. The average molecular weight is 500 g/mol. The molecule has 13 heteroatoms. The van der Waals surface area contributed by atoms with Crippen molar-refractivity contribution in [3.05, 3.63) is 66.4 Å². The van der Waals surface area contributed by atoms with Crippen LogP contribution >= 0.6 is 0 Å². The van der Waals surface area contributed by atoms with E-state index in [1.165, 1.54) is 41.9 Å². The molecule has 0 radical (unpaired) electrons. The van der Waals surface area contributed by atoms with Gasteiger partial charge in [0.2, 0.25) is 0 Å². The lowest BCUT2D eigenvalue weighted by molar-refractivity contribution is -0.141. The van der Waals surface area contributed by atoms with E-state index in [9.17, 15) is 34.8 Å². The molecule has 0 spiro atoms. The SMILES string of the molecule is CCS(=O)(=O)c1cc(-c2ccc(C(F)(F)F)cc2)cnc1-c1cn2cnc(C(F)(F)F)cc2n1. The monoisotopic (exact) mass is 500 g/mol. The van der Waals surface area contributed by atoms with Gasteiger partial charge in [-0.05, 0) is 23.8 Å². The van der Waals surface area contributed by atoms with Crippen molar-refractivity contribution in [1.29, 1.82) is 0 Å². The summed E-state index contributed by atoms with van der Waals surface area (Å²) in [6.45, 7) is 1.40. The zero-order chi connectivity index (χ0) is 24.9. The van der Waals surface area contributed by atoms with Crippen molar-refractivity contribution in [1.82, 2.24) is 19.4 Å². The maximum absolute atomic E-state index is 13.0. The van der Waals surface area contributed by atoms with E-state index < -0.39 is 33.4 Å². The third-order valence-corrected chi connectivity index (χ3v) is 6.74. The summed E-state index contributed by atoms with van der Waals surface area (Å²) >= 11 is 0. The maximum Gasteiger partial charge on any atom is 0.433 e. The molecule has 0 aliphatic carbocycles. The molecular formula is C21H14F6N4O2S. The molecule has 34 heavy (non-hydrogen) atoms. The van der Waals surface area contributed by atoms with E-state index in [1.807, 2.05) is 0 Å². The second-order valence-electron chi connectivity index (χ2n) is 7.21. The van der Waals surface area contributed by atoms with Crippen LogP contribution in [0.25, 0.3) is 28.2 Å². The van der Waals surface area contributed by atoms with Crippen LogP contribution in [0.15, 0.2) is 60.0 Å². The van der Waals surface area contributed by atoms with Crippen molar-refractivity contribution in [2.24, 2.45) is 0 Å². The van der Waals surface area contributed by atoms with Gasteiger partial charge in [0.05, 0.1) is 16.2 Å². The lowest BCUT2D eigenvalue weighted by atomic mass is 10.0. The van der Waals surface area contributed by atoms with Gasteiger partial charge in [-0.15, -0.1) is 0 Å². The minimum atomic E-state index is -4.69. The quantitative estimate of drug-likeness (QED) is 0.356.